The third-order valence-electron chi connectivity index (χ3n) is 10.2. The molecule has 5 aromatic heterocycles. The molecule has 7 aromatic carbocycles. The zero-order chi connectivity index (χ0) is 32.5. The summed E-state index contributed by atoms with van der Waals surface area (Å²) < 4.78 is 17.7. The van der Waals surface area contributed by atoms with E-state index < -0.39 is 0 Å². The molecule has 5 heterocycles. The molecule has 0 atom stereocenters. The Bertz CT molecular complexity index is 3400. The highest BCUT2D eigenvalue weighted by molar-refractivity contribution is 7.59. The van der Waals surface area contributed by atoms with Gasteiger partial charge in [0.05, 0.1) is 15.7 Å². The van der Waals surface area contributed by atoms with E-state index in [1.807, 2.05) is 53.8 Å². The van der Waals surface area contributed by atoms with Gasteiger partial charge in [-0.15, -0.1) is 11.3 Å². The fourth-order valence-corrected chi connectivity index (χ4v) is 9.33. The third kappa shape index (κ3) is 3.82. The number of rotatable bonds is 2. The second-order valence-corrected chi connectivity index (χ2v) is 13.9. The lowest BCUT2D eigenvalue weighted by molar-refractivity contribution is 0.662. The lowest BCUT2D eigenvalue weighted by Crippen LogP contribution is -2.02. The Hall–Kier alpha value is -6.15. The zero-order valence-electron chi connectivity index (χ0n) is 26.8. The molecule has 0 N–H and O–H groups in total. The summed E-state index contributed by atoms with van der Waals surface area (Å²) in [5, 5.41) is 10.5. The van der Waals surface area contributed by atoms with Gasteiger partial charge in [0.2, 0.25) is 0 Å². The lowest BCUT2D eigenvalue weighted by Gasteiger charge is -2.11. The first-order chi connectivity index (χ1) is 24.8. The number of furan rings is 2. The molecule has 0 unspecified atom stereocenters. The number of thiophene rings is 1. The molecule has 0 radical (unpaired) electrons. The van der Waals surface area contributed by atoms with Gasteiger partial charge in [-0.3, -0.25) is 4.57 Å². The predicted molar refractivity (Wildman–Crippen MR) is 217 cm³/mol. The van der Waals surface area contributed by atoms with Gasteiger partial charge in [-0.05, 0) is 59.3 Å². The maximum atomic E-state index is 6.71. The SMILES string of the molecule is S.c1ccc2c(c1)oc1ccc(-c3nc(-n4c5ccccc5c5c6ccccc6c6c7ccccc7sc6c54)c4oc5ccccc5c4n3)cc12. The minimum absolute atomic E-state index is 0. The van der Waals surface area contributed by atoms with Gasteiger partial charge < -0.3 is 8.83 Å². The molecule has 0 saturated carbocycles. The number of benzene rings is 7. The Morgan fingerprint density at radius 3 is 1.96 bits per heavy atom. The molecule has 0 bridgehead atoms. The van der Waals surface area contributed by atoms with Gasteiger partial charge in [-0.25, -0.2) is 9.97 Å². The van der Waals surface area contributed by atoms with E-state index in [4.69, 9.17) is 18.8 Å². The molecular formula is C44H25N3O2S2. The van der Waals surface area contributed by atoms with Crippen LogP contribution in [0.4, 0.5) is 0 Å². The minimum atomic E-state index is 0. The van der Waals surface area contributed by atoms with Crippen LogP contribution < -0.4 is 0 Å². The van der Waals surface area contributed by atoms with Crippen LogP contribution in [0.15, 0.2) is 148 Å². The van der Waals surface area contributed by atoms with E-state index in [1.54, 1.807) is 0 Å². The van der Waals surface area contributed by atoms with Crippen molar-refractivity contribution in [2.75, 3.05) is 0 Å². The van der Waals surface area contributed by atoms with Crippen LogP contribution in [-0.2, 0) is 0 Å². The molecule has 0 aliphatic heterocycles. The second-order valence-electron chi connectivity index (χ2n) is 12.9. The summed E-state index contributed by atoms with van der Waals surface area (Å²) in [6, 6.07) is 48.7. The van der Waals surface area contributed by atoms with Crippen LogP contribution >= 0.6 is 24.8 Å². The van der Waals surface area contributed by atoms with Gasteiger partial charge in [0, 0.05) is 48.0 Å². The molecule has 5 nitrogen and oxygen atoms in total. The average Bonchev–Trinajstić information content (AvgIpc) is 3.93. The summed E-state index contributed by atoms with van der Waals surface area (Å²) in [6.45, 7) is 0. The van der Waals surface area contributed by atoms with E-state index in [0.29, 0.717) is 11.4 Å². The van der Waals surface area contributed by atoms with E-state index in [0.717, 1.165) is 60.8 Å². The normalized spacial score (nSPS) is 12.2. The van der Waals surface area contributed by atoms with Crippen molar-refractivity contribution in [3.05, 3.63) is 140 Å². The average molecular weight is 692 g/mol. The van der Waals surface area contributed by atoms with Crippen LogP contribution in [-0.4, -0.2) is 14.5 Å². The number of hydrogen-bond acceptors (Lipinski definition) is 5. The Labute approximate surface area is 300 Å². The van der Waals surface area contributed by atoms with E-state index in [9.17, 15) is 0 Å². The summed E-state index contributed by atoms with van der Waals surface area (Å²) in [4.78, 5) is 10.7. The predicted octanol–water partition coefficient (Wildman–Crippen LogP) is 12.7. The van der Waals surface area contributed by atoms with Crippen molar-refractivity contribution >= 4 is 122 Å². The van der Waals surface area contributed by atoms with E-state index in [1.165, 1.54) is 41.7 Å². The van der Waals surface area contributed by atoms with Gasteiger partial charge in [0.1, 0.15) is 22.3 Å². The van der Waals surface area contributed by atoms with Crippen molar-refractivity contribution in [2.45, 2.75) is 0 Å². The van der Waals surface area contributed by atoms with Crippen molar-refractivity contribution in [3.8, 4) is 17.2 Å². The molecule has 7 heteroatoms. The highest BCUT2D eigenvalue weighted by Gasteiger charge is 2.26. The topological polar surface area (TPSA) is 57.0 Å². The third-order valence-corrected chi connectivity index (χ3v) is 11.4. The lowest BCUT2D eigenvalue weighted by atomic mass is 9.99. The summed E-state index contributed by atoms with van der Waals surface area (Å²) in [6.07, 6.45) is 0. The summed E-state index contributed by atoms with van der Waals surface area (Å²) >= 11 is 1.84. The van der Waals surface area contributed by atoms with Gasteiger partial charge in [0.15, 0.2) is 17.2 Å². The quantitative estimate of drug-likeness (QED) is 0.181. The van der Waals surface area contributed by atoms with Crippen molar-refractivity contribution in [1.82, 2.24) is 14.5 Å². The fraction of sp³-hybridized carbons (Fsp3) is 0. The Kier molecular flexibility index (Phi) is 5.86. The van der Waals surface area contributed by atoms with Crippen LogP contribution in [0.2, 0.25) is 0 Å². The summed E-state index contributed by atoms with van der Waals surface area (Å²) in [5.74, 6) is 1.35. The molecule has 12 aromatic rings. The number of nitrogens with zero attached hydrogens (tertiary/aromatic N) is 3. The number of aromatic nitrogens is 3. The van der Waals surface area contributed by atoms with Crippen molar-refractivity contribution < 1.29 is 8.83 Å². The monoisotopic (exact) mass is 691 g/mol. The Morgan fingerprint density at radius 1 is 0.510 bits per heavy atom. The Balaban J connectivity index is 0.00000310. The highest BCUT2D eigenvalue weighted by atomic mass is 32.1. The largest absolute Gasteiger partial charge is 0.456 e. The maximum Gasteiger partial charge on any atom is 0.197 e. The molecule has 0 aliphatic carbocycles. The fourth-order valence-electron chi connectivity index (χ4n) is 8.07. The van der Waals surface area contributed by atoms with Crippen molar-refractivity contribution in [2.24, 2.45) is 0 Å². The van der Waals surface area contributed by atoms with Crippen LogP contribution in [0.1, 0.15) is 0 Å². The number of hydrogen-bond donors (Lipinski definition) is 0. The Morgan fingerprint density at radius 2 is 1.14 bits per heavy atom. The van der Waals surface area contributed by atoms with Crippen LogP contribution in [0.25, 0.3) is 114 Å². The molecule has 0 saturated heterocycles. The molecule has 0 aliphatic rings. The molecule has 12 rings (SSSR count). The first kappa shape index (κ1) is 28.7. The van der Waals surface area contributed by atoms with Gasteiger partial charge in [-0.2, -0.15) is 13.5 Å². The van der Waals surface area contributed by atoms with E-state index in [-0.39, 0.29) is 13.5 Å². The molecule has 0 spiro atoms. The van der Waals surface area contributed by atoms with Gasteiger partial charge >= 0.3 is 0 Å². The first-order valence-electron chi connectivity index (χ1n) is 16.7. The standard InChI is InChI=1S/C44H23N3O2S.H2S/c1-2-13-27-26(12-1)37-28-14-3-7-17-32(28)47(40(37)42-38(27)30-16-6-10-20-36(30)50-42)44-41-39(29-15-5-9-19-34(29)49-41)45-43(46-44)24-21-22-35-31(23-24)25-11-4-8-18-33(25)48-35;/h1-23H;1H2. The van der Waals surface area contributed by atoms with E-state index >= 15 is 0 Å². The van der Waals surface area contributed by atoms with E-state index in [2.05, 4.69) is 102 Å². The molecule has 51 heavy (non-hydrogen) atoms. The van der Waals surface area contributed by atoms with Crippen LogP contribution in [0, 0.1) is 0 Å². The summed E-state index contributed by atoms with van der Waals surface area (Å²) in [7, 11) is 0. The summed E-state index contributed by atoms with van der Waals surface area (Å²) in [5.41, 5.74) is 7.05. The zero-order valence-corrected chi connectivity index (χ0v) is 28.7. The molecule has 0 fully saturated rings. The maximum absolute atomic E-state index is 6.71. The highest BCUT2D eigenvalue weighted by Crippen LogP contribution is 2.48. The molecule has 0 amide bonds. The van der Waals surface area contributed by atoms with Crippen molar-refractivity contribution in [1.29, 1.82) is 0 Å². The van der Waals surface area contributed by atoms with Crippen LogP contribution in [0.3, 0.4) is 0 Å². The molecule has 240 valence electrons. The number of fused-ring (bicyclic) bond motifs is 16. The van der Waals surface area contributed by atoms with Crippen LogP contribution in [0.5, 0.6) is 0 Å². The number of para-hydroxylation sites is 3. The van der Waals surface area contributed by atoms with Gasteiger partial charge in [-0.1, -0.05) is 91.0 Å². The molecular weight excluding hydrogens is 667 g/mol. The smallest absolute Gasteiger partial charge is 0.197 e. The minimum Gasteiger partial charge on any atom is -0.456 e. The second kappa shape index (κ2) is 10.4. The van der Waals surface area contributed by atoms with Gasteiger partial charge in [0.25, 0.3) is 0 Å². The van der Waals surface area contributed by atoms with Crippen molar-refractivity contribution in [3.63, 3.8) is 0 Å². The first-order valence-corrected chi connectivity index (χ1v) is 17.5.